The minimum Gasteiger partial charge on any atom is -0.496 e. The molecule has 1 aromatic rings. The number of ether oxygens (including phenoxy) is 1. The van der Waals surface area contributed by atoms with E-state index >= 15 is 0 Å². The number of anilines is 1. The molecule has 6 heteroatoms. The van der Waals surface area contributed by atoms with Crippen LogP contribution < -0.4 is 15.4 Å². The molecule has 1 unspecified atom stereocenters. The number of methoxy groups -OCH3 is 1. The lowest BCUT2D eigenvalue weighted by molar-refractivity contribution is -0.384. The Bertz CT molecular complexity index is 431. The van der Waals surface area contributed by atoms with E-state index in [0.29, 0.717) is 24.0 Å². The molecule has 0 amide bonds. The molecule has 0 aromatic heterocycles. The van der Waals surface area contributed by atoms with Crippen molar-refractivity contribution in [3.05, 3.63) is 28.3 Å². The summed E-state index contributed by atoms with van der Waals surface area (Å²) in [6, 6.07) is 5.24. The number of nitro groups is 1. The number of nitrogens with zero attached hydrogens (tertiary/aromatic N) is 1. The van der Waals surface area contributed by atoms with Gasteiger partial charge < -0.3 is 15.4 Å². The fourth-order valence-corrected chi connectivity index (χ4v) is 2.10. The molecular formula is C12H17N3O3. The molecule has 1 fully saturated rings. The van der Waals surface area contributed by atoms with Gasteiger partial charge >= 0.3 is 0 Å². The van der Waals surface area contributed by atoms with E-state index in [4.69, 9.17) is 4.74 Å². The lowest BCUT2D eigenvalue weighted by Gasteiger charge is -2.13. The maximum Gasteiger partial charge on any atom is 0.296 e. The molecule has 1 aliphatic rings. The Hall–Kier alpha value is -1.82. The predicted molar refractivity (Wildman–Crippen MR) is 69.2 cm³/mol. The van der Waals surface area contributed by atoms with Crippen molar-refractivity contribution in [1.82, 2.24) is 5.32 Å². The van der Waals surface area contributed by atoms with Gasteiger partial charge in [-0.2, -0.15) is 0 Å². The number of nitrogens with one attached hydrogen (secondary N) is 2. The first-order valence-corrected chi connectivity index (χ1v) is 6.00. The van der Waals surface area contributed by atoms with Gasteiger partial charge in [0, 0.05) is 12.6 Å². The molecule has 98 valence electrons. The smallest absolute Gasteiger partial charge is 0.296 e. The van der Waals surface area contributed by atoms with Crippen molar-refractivity contribution >= 4 is 11.4 Å². The van der Waals surface area contributed by atoms with E-state index in [-0.39, 0.29) is 5.69 Å². The third-order valence-electron chi connectivity index (χ3n) is 3.10. The van der Waals surface area contributed by atoms with Crippen LogP contribution in [-0.4, -0.2) is 31.2 Å². The van der Waals surface area contributed by atoms with Gasteiger partial charge in [0.2, 0.25) is 0 Å². The van der Waals surface area contributed by atoms with Crippen molar-refractivity contribution in [3.63, 3.8) is 0 Å². The summed E-state index contributed by atoms with van der Waals surface area (Å²) in [5.74, 6) is 0.492. The highest BCUT2D eigenvalue weighted by molar-refractivity contribution is 5.63. The quantitative estimate of drug-likeness (QED) is 0.616. The maximum absolute atomic E-state index is 11.0. The molecule has 1 heterocycles. The van der Waals surface area contributed by atoms with Crippen molar-refractivity contribution in [2.45, 2.75) is 18.9 Å². The molecule has 0 spiro atoms. The van der Waals surface area contributed by atoms with E-state index in [1.165, 1.54) is 13.2 Å². The first kappa shape index (κ1) is 12.6. The fraction of sp³-hybridized carbons (Fsp3) is 0.500. The normalized spacial score (nSPS) is 18.6. The zero-order chi connectivity index (χ0) is 13.0. The molecular weight excluding hydrogens is 234 g/mol. The van der Waals surface area contributed by atoms with E-state index in [9.17, 15) is 10.1 Å². The predicted octanol–water partition coefficient (Wildman–Crippen LogP) is 1.77. The van der Waals surface area contributed by atoms with Crippen molar-refractivity contribution < 1.29 is 9.66 Å². The Labute approximate surface area is 105 Å². The largest absolute Gasteiger partial charge is 0.496 e. The number of benzene rings is 1. The molecule has 6 nitrogen and oxygen atoms in total. The van der Waals surface area contributed by atoms with Crippen LogP contribution in [0.2, 0.25) is 0 Å². The van der Waals surface area contributed by atoms with E-state index in [1.54, 1.807) is 12.1 Å². The van der Waals surface area contributed by atoms with Gasteiger partial charge in [-0.25, -0.2) is 0 Å². The van der Waals surface area contributed by atoms with E-state index in [2.05, 4.69) is 10.6 Å². The second-order valence-corrected chi connectivity index (χ2v) is 4.31. The summed E-state index contributed by atoms with van der Waals surface area (Å²) in [6.45, 7) is 1.73. The average Bonchev–Trinajstić information content (AvgIpc) is 2.89. The summed E-state index contributed by atoms with van der Waals surface area (Å²) in [7, 11) is 1.49. The van der Waals surface area contributed by atoms with Gasteiger partial charge in [-0.15, -0.1) is 0 Å². The molecule has 2 N–H and O–H groups in total. The second-order valence-electron chi connectivity index (χ2n) is 4.31. The van der Waals surface area contributed by atoms with E-state index in [1.807, 2.05) is 0 Å². The molecule has 18 heavy (non-hydrogen) atoms. The van der Waals surface area contributed by atoms with Crippen molar-refractivity contribution in [3.8, 4) is 5.75 Å². The molecule has 2 rings (SSSR count). The van der Waals surface area contributed by atoms with Crippen molar-refractivity contribution in [1.29, 1.82) is 0 Å². The number of hydrogen-bond acceptors (Lipinski definition) is 5. The number of nitro benzene ring substituents is 1. The lowest BCUT2D eigenvalue weighted by atomic mass is 10.2. The van der Waals surface area contributed by atoms with Crippen LogP contribution in [-0.2, 0) is 0 Å². The summed E-state index contributed by atoms with van der Waals surface area (Å²) >= 11 is 0. The summed E-state index contributed by atoms with van der Waals surface area (Å²) in [5.41, 5.74) is 0.585. The van der Waals surface area contributed by atoms with Crippen molar-refractivity contribution in [2.75, 3.05) is 25.5 Å². The highest BCUT2D eigenvalue weighted by atomic mass is 16.6. The average molecular weight is 251 g/mol. The SMILES string of the molecule is COc1ccc(NCC2CCCN2)c([N+](=O)[O-])c1. The Morgan fingerprint density at radius 3 is 3.06 bits per heavy atom. The third kappa shape index (κ3) is 2.89. The Morgan fingerprint density at radius 1 is 1.61 bits per heavy atom. The highest BCUT2D eigenvalue weighted by Crippen LogP contribution is 2.29. The molecule has 1 aromatic carbocycles. The van der Waals surface area contributed by atoms with Crippen molar-refractivity contribution in [2.24, 2.45) is 0 Å². The topological polar surface area (TPSA) is 76.4 Å². The third-order valence-corrected chi connectivity index (χ3v) is 3.10. The van der Waals surface area contributed by atoms with Crippen LogP contribution in [0.1, 0.15) is 12.8 Å². The standard InChI is InChI=1S/C12H17N3O3/c1-18-10-4-5-11(12(7-10)15(16)17)14-8-9-3-2-6-13-9/h4-5,7,9,13-14H,2-3,6,8H2,1H3. The summed E-state index contributed by atoms with van der Waals surface area (Å²) < 4.78 is 4.99. The van der Waals surface area contributed by atoms with Crippen LogP contribution in [0.4, 0.5) is 11.4 Å². The van der Waals surface area contributed by atoms with Gasteiger partial charge in [0.25, 0.3) is 5.69 Å². The monoisotopic (exact) mass is 251 g/mol. The van der Waals surface area contributed by atoms with Crippen LogP contribution >= 0.6 is 0 Å². The summed E-state index contributed by atoms with van der Waals surface area (Å²) in [6.07, 6.45) is 2.27. The minimum absolute atomic E-state index is 0.0485. The van der Waals surface area contributed by atoms with Crippen LogP contribution in [0.5, 0.6) is 5.75 Å². The second kappa shape index (κ2) is 5.68. The number of hydrogen-bond donors (Lipinski definition) is 2. The van der Waals surface area contributed by atoms with Gasteiger partial charge in [-0.05, 0) is 31.5 Å². The zero-order valence-electron chi connectivity index (χ0n) is 10.3. The molecule has 1 aliphatic heterocycles. The van der Waals surface area contributed by atoms with E-state index < -0.39 is 4.92 Å². The first-order chi connectivity index (χ1) is 8.70. The molecule has 0 radical (unpaired) electrons. The Balaban J connectivity index is 2.08. The van der Waals surface area contributed by atoms with Gasteiger partial charge in [0.1, 0.15) is 11.4 Å². The Morgan fingerprint density at radius 2 is 2.44 bits per heavy atom. The molecule has 0 saturated carbocycles. The van der Waals surface area contributed by atoms with Crippen LogP contribution in [0, 0.1) is 10.1 Å². The fourth-order valence-electron chi connectivity index (χ4n) is 2.10. The van der Waals surface area contributed by atoms with Gasteiger partial charge in [0.15, 0.2) is 0 Å². The lowest BCUT2D eigenvalue weighted by Crippen LogP contribution is -2.29. The van der Waals surface area contributed by atoms with Gasteiger partial charge in [-0.3, -0.25) is 10.1 Å². The Kier molecular flexibility index (Phi) is 3.99. The first-order valence-electron chi connectivity index (χ1n) is 6.00. The van der Waals surface area contributed by atoms with Crippen LogP contribution in [0.3, 0.4) is 0 Å². The molecule has 0 aliphatic carbocycles. The van der Waals surface area contributed by atoms with E-state index in [0.717, 1.165) is 19.4 Å². The summed E-state index contributed by atoms with van der Waals surface area (Å²) in [5, 5.41) is 17.4. The minimum atomic E-state index is -0.396. The summed E-state index contributed by atoms with van der Waals surface area (Å²) in [4.78, 5) is 10.6. The van der Waals surface area contributed by atoms with Gasteiger partial charge in [-0.1, -0.05) is 0 Å². The number of rotatable bonds is 5. The van der Waals surface area contributed by atoms with Crippen LogP contribution in [0.15, 0.2) is 18.2 Å². The van der Waals surface area contributed by atoms with Crippen LogP contribution in [0.25, 0.3) is 0 Å². The maximum atomic E-state index is 11.0. The molecule has 1 saturated heterocycles. The zero-order valence-corrected chi connectivity index (χ0v) is 10.3. The molecule has 1 atom stereocenters. The highest BCUT2D eigenvalue weighted by Gasteiger charge is 2.18. The van der Waals surface area contributed by atoms with Gasteiger partial charge in [0.05, 0.1) is 18.1 Å². The molecule has 0 bridgehead atoms.